The second-order valence-electron chi connectivity index (χ2n) is 2.12. The third kappa shape index (κ3) is 7.12. The zero-order valence-corrected chi connectivity index (χ0v) is 7.05. The van der Waals surface area contributed by atoms with Crippen LogP contribution in [0.15, 0.2) is 0 Å². The Morgan fingerprint density at radius 2 is 2.09 bits per heavy atom. The highest BCUT2D eigenvalue weighted by Crippen LogP contribution is 1.86. The molecule has 66 valence electrons. The van der Waals surface area contributed by atoms with E-state index in [9.17, 15) is 4.79 Å². The molecule has 0 heterocycles. The average molecular weight is 161 g/mol. The van der Waals surface area contributed by atoms with Gasteiger partial charge in [-0.15, -0.1) is 0 Å². The maximum Gasteiger partial charge on any atom is 0.406 e. The zero-order chi connectivity index (χ0) is 8.53. The molecule has 0 spiro atoms. The Morgan fingerprint density at radius 1 is 1.36 bits per heavy atom. The van der Waals surface area contributed by atoms with Gasteiger partial charge in [-0.2, -0.15) is 0 Å². The van der Waals surface area contributed by atoms with Gasteiger partial charge in [0, 0.05) is 20.3 Å². The highest BCUT2D eigenvalue weighted by atomic mass is 16.5. The molecule has 0 rings (SSSR count). The molecule has 0 bridgehead atoms. The van der Waals surface area contributed by atoms with Gasteiger partial charge < -0.3 is 14.8 Å². The topological polar surface area (TPSA) is 47.6 Å². The highest BCUT2D eigenvalue weighted by Gasteiger charge is 1.95. The molecule has 0 aromatic carbocycles. The third-order valence-corrected chi connectivity index (χ3v) is 1.23. The average Bonchev–Trinajstić information content (AvgIpc) is 2.04. The number of methoxy groups -OCH3 is 2. The zero-order valence-electron chi connectivity index (χ0n) is 7.05. The standard InChI is InChI=1S/C7H15NO3/c1-10-6-4-3-5-8-7(9)11-2/h3-6H2,1-2H3,(H,8,9). The number of hydrogen-bond donors (Lipinski definition) is 1. The second kappa shape index (κ2) is 7.34. The van der Waals surface area contributed by atoms with Crippen LogP contribution in [0, 0.1) is 0 Å². The molecule has 1 N–H and O–H groups in total. The largest absolute Gasteiger partial charge is 0.453 e. The van der Waals surface area contributed by atoms with Crippen molar-refractivity contribution in [1.29, 1.82) is 0 Å². The SMILES string of the molecule is COCCCCNC(=O)OC. The Kier molecular flexibility index (Phi) is 6.82. The third-order valence-electron chi connectivity index (χ3n) is 1.23. The molecule has 0 radical (unpaired) electrons. The van der Waals surface area contributed by atoms with E-state index in [2.05, 4.69) is 10.1 Å². The van der Waals surface area contributed by atoms with Gasteiger partial charge in [0.1, 0.15) is 0 Å². The molecule has 0 saturated carbocycles. The van der Waals surface area contributed by atoms with Crippen LogP contribution in [0.1, 0.15) is 12.8 Å². The van der Waals surface area contributed by atoms with E-state index >= 15 is 0 Å². The molecule has 11 heavy (non-hydrogen) atoms. The highest BCUT2D eigenvalue weighted by molar-refractivity contribution is 5.66. The van der Waals surface area contributed by atoms with Crippen LogP contribution in [0.25, 0.3) is 0 Å². The number of rotatable bonds is 5. The smallest absolute Gasteiger partial charge is 0.406 e. The van der Waals surface area contributed by atoms with Crippen molar-refractivity contribution in [3.05, 3.63) is 0 Å². The summed E-state index contributed by atoms with van der Waals surface area (Å²) < 4.78 is 9.21. The predicted octanol–water partition coefficient (Wildman–Crippen LogP) is 0.769. The van der Waals surface area contributed by atoms with E-state index in [0.29, 0.717) is 6.54 Å². The van der Waals surface area contributed by atoms with E-state index in [0.717, 1.165) is 19.4 Å². The van der Waals surface area contributed by atoms with Crippen molar-refractivity contribution in [2.75, 3.05) is 27.4 Å². The summed E-state index contributed by atoms with van der Waals surface area (Å²) in [5.41, 5.74) is 0. The van der Waals surface area contributed by atoms with Crippen LogP contribution in [0.5, 0.6) is 0 Å². The van der Waals surface area contributed by atoms with Crippen molar-refractivity contribution < 1.29 is 14.3 Å². The quantitative estimate of drug-likeness (QED) is 0.606. The summed E-state index contributed by atoms with van der Waals surface area (Å²) in [6.45, 7) is 1.39. The molecule has 0 unspecified atom stereocenters. The molecule has 0 atom stereocenters. The maximum atomic E-state index is 10.5. The van der Waals surface area contributed by atoms with E-state index in [1.807, 2.05) is 0 Å². The van der Waals surface area contributed by atoms with Crippen LogP contribution in [0.2, 0.25) is 0 Å². The Morgan fingerprint density at radius 3 is 2.64 bits per heavy atom. The summed E-state index contributed by atoms with van der Waals surface area (Å²) in [5.74, 6) is 0. The molecule has 1 amide bonds. The Labute approximate surface area is 66.9 Å². The van der Waals surface area contributed by atoms with Gasteiger partial charge in [0.05, 0.1) is 7.11 Å². The summed E-state index contributed by atoms with van der Waals surface area (Å²) in [4.78, 5) is 10.5. The monoisotopic (exact) mass is 161 g/mol. The first-order chi connectivity index (χ1) is 5.31. The van der Waals surface area contributed by atoms with Gasteiger partial charge in [-0.3, -0.25) is 0 Å². The number of amides is 1. The predicted molar refractivity (Wildman–Crippen MR) is 41.5 cm³/mol. The van der Waals surface area contributed by atoms with Crippen LogP contribution in [0.3, 0.4) is 0 Å². The number of hydrogen-bond acceptors (Lipinski definition) is 3. The van der Waals surface area contributed by atoms with Gasteiger partial charge in [0.2, 0.25) is 0 Å². The van der Waals surface area contributed by atoms with Crippen molar-refractivity contribution in [2.24, 2.45) is 0 Å². The summed E-state index contributed by atoms with van der Waals surface area (Å²) in [6.07, 6.45) is 1.51. The van der Waals surface area contributed by atoms with Gasteiger partial charge in [-0.05, 0) is 12.8 Å². The Bertz CT molecular complexity index is 106. The first kappa shape index (κ1) is 10.2. The first-order valence-corrected chi connectivity index (χ1v) is 3.62. The van der Waals surface area contributed by atoms with Gasteiger partial charge in [-0.1, -0.05) is 0 Å². The van der Waals surface area contributed by atoms with Gasteiger partial charge >= 0.3 is 6.09 Å². The summed E-state index contributed by atoms with van der Waals surface area (Å²) >= 11 is 0. The molecule has 0 aliphatic heterocycles. The van der Waals surface area contributed by atoms with E-state index < -0.39 is 0 Å². The molecule has 0 saturated heterocycles. The number of ether oxygens (including phenoxy) is 2. The number of carbonyl (C=O) groups excluding carboxylic acids is 1. The lowest BCUT2D eigenvalue weighted by atomic mass is 10.3. The molecular weight excluding hydrogens is 146 g/mol. The van der Waals surface area contributed by atoms with Gasteiger partial charge in [0.25, 0.3) is 0 Å². The molecule has 4 nitrogen and oxygen atoms in total. The molecular formula is C7H15NO3. The number of carbonyl (C=O) groups is 1. The fourth-order valence-corrected chi connectivity index (χ4v) is 0.634. The van der Waals surface area contributed by atoms with Crippen LogP contribution in [0.4, 0.5) is 4.79 Å². The van der Waals surface area contributed by atoms with Crippen molar-refractivity contribution >= 4 is 6.09 Å². The molecule has 0 aliphatic rings. The maximum absolute atomic E-state index is 10.5. The van der Waals surface area contributed by atoms with Crippen molar-refractivity contribution in [2.45, 2.75) is 12.8 Å². The lowest BCUT2D eigenvalue weighted by molar-refractivity contribution is 0.168. The molecule has 0 aromatic rings. The van der Waals surface area contributed by atoms with Gasteiger partial charge in [-0.25, -0.2) is 4.79 Å². The van der Waals surface area contributed by atoms with E-state index in [1.54, 1.807) is 7.11 Å². The summed E-state index contributed by atoms with van der Waals surface area (Å²) in [7, 11) is 3.01. The first-order valence-electron chi connectivity index (χ1n) is 3.62. The molecule has 0 aromatic heterocycles. The fraction of sp³-hybridized carbons (Fsp3) is 0.857. The number of nitrogens with one attached hydrogen (secondary N) is 1. The van der Waals surface area contributed by atoms with Gasteiger partial charge in [0.15, 0.2) is 0 Å². The molecule has 4 heteroatoms. The van der Waals surface area contributed by atoms with E-state index in [4.69, 9.17) is 4.74 Å². The second-order valence-corrected chi connectivity index (χ2v) is 2.12. The number of alkyl carbamates (subject to hydrolysis) is 1. The van der Waals surface area contributed by atoms with Crippen LogP contribution >= 0.6 is 0 Å². The Balaban J connectivity index is 2.95. The van der Waals surface area contributed by atoms with E-state index in [-0.39, 0.29) is 6.09 Å². The van der Waals surface area contributed by atoms with Crippen LogP contribution in [-0.2, 0) is 9.47 Å². The van der Waals surface area contributed by atoms with Crippen molar-refractivity contribution in [3.8, 4) is 0 Å². The minimum Gasteiger partial charge on any atom is -0.453 e. The molecule has 0 aliphatic carbocycles. The normalized spacial score (nSPS) is 9.27. The Hall–Kier alpha value is -0.770. The summed E-state index contributed by atoms with van der Waals surface area (Å²) in [5, 5.41) is 2.57. The lowest BCUT2D eigenvalue weighted by Gasteiger charge is -2.02. The number of unbranched alkanes of at least 4 members (excludes halogenated alkanes) is 1. The van der Waals surface area contributed by atoms with E-state index in [1.165, 1.54) is 7.11 Å². The van der Waals surface area contributed by atoms with Crippen molar-refractivity contribution in [3.63, 3.8) is 0 Å². The minimum absolute atomic E-state index is 0.373. The van der Waals surface area contributed by atoms with Crippen LogP contribution in [-0.4, -0.2) is 33.5 Å². The van der Waals surface area contributed by atoms with Crippen LogP contribution < -0.4 is 5.32 Å². The molecule has 0 fully saturated rings. The van der Waals surface area contributed by atoms with Crippen molar-refractivity contribution in [1.82, 2.24) is 5.32 Å². The fourth-order valence-electron chi connectivity index (χ4n) is 0.634. The minimum atomic E-state index is -0.373. The lowest BCUT2D eigenvalue weighted by Crippen LogP contribution is -2.24. The summed E-state index contributed by atoms with van der Waals surface area (Å²) in [6, 6.07) is 0.